The quantitative estimate of drug-likeness (QED) is 0.463. The van der Waals surface area contributed by atoms with E-state index >= 15 is 0 Å². The van der Waals surface area contributed by atoms with Gasteiger partial charge < -0.3 is 9.84 Å². The second kappa shape index (κ2) is 4.06. The molecule has 58 valence electrons. The molecule has 1 N–H and O–H groups in total. The molecule has 0 aliphatic rings. The summed E-state index contributed by atoms with van der Waals surface area (Å²) >= 11 is 0. The Hall–Kier alpha value is -0.830. The average Bonchev–Trinajstić information content (AvgIpc) is 1.87. The first kappa shape index (κ1) is 9.17. The lowest BCUT2D eigenvalue weighted by atomic mass is 10.2. The van der Waals surface area contributed by atoms with Crippen molar-refractivity contribution in [2.45, 2.75) is 20.0 Å². The van der Waals surface area contributed by atoms with Crippen molar-refractivity contribution in [3.63, 3.8) is 0 Å². The van der Waals surface area contributed by atoms with Crippen LogP contribution < -0.4 is 0 Å². The molecule has 3 nitrogen and oxygen atoms in total. The Morgan fingerprint density at radius 3 is 2.60 bits per heavy atom. The highest BCUT2D eigenvalue weighted by molar-refractivity contribution is 5.77. The first-order valence-corrected chi connectivity index (χ1v) is 3.09. The Morgan fingerprint density at radius 1 is 1.80 bits per heavy atom. The van der Waals surface area contributed by atoms with Gasteiger partial charge in [-0.25, -0.2) is 4.79 Å². The van der Waals surface area contributed by atoms with Crippen molar-refractivity contribution in [2.24, 2.45) is 0 Å². The van der Waals surface area contributed by atoms with Crippen LogP contribution in [0.1, 0.15) is 13.8 Å². The zero-order chi connectivity index (χ0) is 8.15. The molecule has 0 aliphatic heterocycles. The number of hydrogen-bond acceptors (Lipinski definition) is 3. The van der Waals surface area contributed by atoms with Crippen molar-refractivity contribution < 1.29 is 14.6 Å². The summed E-state index contributed by atoms with van der Waals surface area (Å²) in [5.41, 5.74) is 0.401. The van der Waals surface area contributed by atoms with E-state index in [0.717, 1.165) is 0 Å². The van der Waals surface area contributed by atoms with Gasteiger partial charge in [0.1, 0.15) is 0 Å². The molecule has 0 saturated heterocycles. The van der Waals surface area contributed by atoms with Crippen LogP contribution in [0.2, 0.25) is 0 Å². The van der Waals surface area contributed by atoms with Gasteiger partial charge in [0, 0.05) is 0 Å². The summed E-state index contributed by atoms with van der Waals surface area (Å²) in [5, 5.41) is 8.95. The lowest BCUT2D eigenvalue weighted by molar-refractivity contribution is -0.150. The van der Waals surface area contributed by atoms with Gasteiger partial charge in [0.05, 0.1) is 6.61 Å². The van der Waals surface area contributed by atoms with Crippen molar-refractivity contribution in [1.82, 2.24) is 0 Å². The number of esters is 1. The molecule has 0 fully saturated rings. The fourth-order valence-electron chi connectivity index (χ4n) is 0.422. The van der Waals surface area contributed by atoms with Crippen LogP contribution in [-0.2, 0) is 9.53 Å². The standard InChI is InChI=1S/C7H12O3/c1-4-10-7(9)6(8)5(2)3/h6,8H,2,4H2,1,3H3. The van der Waals surface area contributed by atoms with Crippen LogP contribution in [0.4, 0.5) is 0 Å². The van der Waals surface area contributed by atoms with Crippen LogP contribution >= 0.6 is 0 Å². The van der Waals surface area contributed by atoms with E-state index in [0.29, 0.717) is 5.57 Å². The molecule has 0 aromatic heterocycles. The van der Waals surface area contributed by atoms with Crippen molar-refractivity contribution >= 4 is 5.97 Å². The lowest BCUT2D eigenvalue weighted by Crippen LogP contribution is -2.23. The summed E-state index contributed by atoms with van der Waals surface area (Å²) in [5.74, 6) is -0.630. The molecule has 0 saturated carbocycles. The summed E-state index contributed by atoms with van der Waals surface area (Å²) in [4.78, 5) is 10.7. The van der Waals surface area contributed by atoms with Crippen LogP contribution in [0.5, 0.6) is 0 Å². The molecule has 0 bridgehead atoms. The first-order chi connectivity index (χ1) is 4.59. The molecule has 1 unspecified atom stereocenters. The number of hydrogen-bond donors (Lipinski definition) is 1. The monoisotopic (exact) mass is 144 g/mol. The number of aliphatic hydroxyl groups is 1. The van der Waals surface area contributed by atoms with E-state index < -0.39 is 12.1 Å². The van der Waals surface area contributed by atoms with Gasteiger partial charge in [-0.3, -0.25) is 0 Å². The van der Waals surface area contributed by atoms with Gasteiger partial charge in [0.25, 0.3) is 0 Å². The van der Waals surface area contributed by atoms with Gasteiger partial charge in [0.15, 0.2) is 6.10 Å². The van der Waals surface area contributed by atoms with Crippen molar-refractivity contribution in [2.75, 3.05) is 6.61 Å². The highest BCUT2D eigenvalue weighted by Crippen LogP contribution is 1.99. The first-order valence-electron chi connectivity index (χ1n) is 3.09. The van der Waals surface area contributed by atoms with Crippen molar-refractivity contribution in [3.05, 3.63) is 12.2 Å². The molecule has 10 heavy (non-hydrogen) atoms. The minimum absolute atomic E-state index is 0.281. The van der Waals surface area contributed by atoms with E-state index in [1.807, 2.05) is 0 Å². The summed E-state index contributed by atoms with van der Waals surface area (Å²) in [7, 11) is 0. The van der Waals surface area contributed by atoms with Gasteiger partial charge in [-0.05, 0) is 19.4 Å². The molecule has 0 aromatic carbocycles. The number of carbonyl (C=O) groups is 1. The van der Waals surface area contributed by atoms with Gasteiger partial charge in [0.2, 0.25) is 0 Å². The molecule has 0 spiro atoms. The van der Waals surface area contributed by atoms with Gasteiger partial charge in [-0.2, -0.15) is 0 Å². The molecule has 1 atom stereocenters. The third-order valence-corrected chi connectivity index (χ3v) is 0.977. The maximum Gasteiger partial charge on any atom is 0.339 e. The van der Waals surface area contributed by atoms with Crippen molar-refractivity contribution in [3.8, 4) is 0 Å². The highest BCUT2D eigenvalue weighted by Gasteiger charge is 2.15. The minimum Gasteiger partial charge on any atom is -0.464 e. The molecule has 3 heteroatoms. The number of aliphatic hydroxyl groups excluding tert-OH is 1. The molecule has 0 rings (SSSR count). The molecule has 0 amide bonds. The van der Waals surface area contributed by atoms with E-state index in [9.17, 15) is 4.79 Å². The predicted octanol–water partition coefficient (Wildman–Crippen LogP) is 0.486. The van der Waals surface area contributed by atoms with E-state index in [2.05, 4.69) is 11.3 Å². The molecule has 0 aromatic rings. The van der Waals surface area contributed by atoms with Crippen molar-refractivity contribution in [1.29, 1.82) is 0 Å². The summed E-state index contributed by atoms with van der Waals surface area (Å²) in [6, 6.07) is 0. The maximum absolute atomic E-state index is 10.7. The van der Waals surface area contributed by atoms with Crippen LogP contribution in [0, 0.1) is 0 Å². The topological polar surface area (TPSA) is 46.5 Å². The Balaban J connectivity index is 3.82. The van der Waals surface area contributed by atoms with Gasteiger partial charge in [-0.15, -0.1) is 0 Å². The summed E-state index contributed by atoms with van der Waals surface area (Å²) in [6.07, 6.45) is -1.17. The predicted molar refractivity (Wildman–Crippen MR) is 37.5 cm³/mol. The van der Waals surface area contributed by atoms with Gasteiger partial charge >= 0.3 is 5.97 Å². The second-order valence-corrected chi connectivity index (χ2v) is 2.00. The molecule has 0 heterocycles. The largest absolute Gasteiger partial charge is 0.464 e. The van der Waals surface area contributed by atoms with E-state index in [1.165, 1.54) is 0 Å². The fraction of sp³-hybridized carbons (Fsp3) is 0.571. The van der Waals surface area contributed by atoms with Crippen LogP contribution in [0.3, 0.4) is 0 Å². The third-order valence-electron chi connectivity index (χ3n) is 0.977. The zero-order valence-electron chi connectivity index (χ0n) is 6.26. The Labute approximate surface area is 60.3 Å². The molecule has 0 radical (unpaired) electrons. The Kier molecular flexibility index (Phi) is 3.72. The summed E-state index contributed by atoms with van der Waals surface area (Å²) < 4.78 is 4.52. The van der Waals surface area contributed by atoms with Crippen LogP contribution in [-0.4, -0.2) is 23.8 Å². The second-order valence-electron chi connectivity index (χ2n) is 2.00. The molecular weight excluding hydrogens is 132 g/mol. The third kappa shape index (κ3) is 2.64. The minimum atomic E-state index is -1.17. The molecular formula is C7H12O3. The Morgan fingerprint density at radius 2 is 2.30 bits per heavy atom. The highest BCUT2D eigenvalue weighted by atomic mass is 16.5. The van der Waals surface area contributed by atoms with E-state index in [4.69, 9.17) is 5.11 Å². The fourth-order valence-corrected chi connectivity index (χ4v) is 0.422. The average molecular weight is 144 g/mol. The summed E-state index contributed by atoms with van der Waals surface area (Å²) in [6.45, 7) is 6.94. The number of carbonyl (C=O) groups excluding carboxylic acids is 1. The number of rotatable bonds is 3. The lowest BCUT2D eigenvalue weighted by Gasteiger charge is -2.07. The smallest absolute Gasteiger partial charge is 0.339 e. The molecule has 0 aliphatic carbocycles. The van der Waals surface area contributed by atoms with Gasteiger partial charge in [-0.1, -0.05) is 6.58 Å². The number of ether oxygens (including phenoxy) is 1. The van der Waals surface area contributed by atoms with Crippen LogP contribution in [0.15, 0.2) is 12.2 Å². The normalized spacial score (nSPS) is 12.3. The van der Waals surface area contributed by atoms with E-state index in [1.54, 1.807) is 13.8 Å². The maximum atomic E-state index is 10.7. The van der Waals surface area contributed by atoms with E-state index in [-0.39, 0.29) is 6.61 Å². The van der Waals surface area contributed by atoms with Crippen LogP contribution in [0.25, 0.3) is 0 Å². The Bertz CT molecular complexity index is 140. The SMILES string of the molecule is C=C(C)C(O)C(=O)OCC. The zero-order valence-corrected chi connectivity index (χ0v) is 6.26.